The van der Waals surface area contributed by atoms with E-state index in [1.807, 2.05) is 31.8 Å². The summed E-state index contributed by atoms with van der Waals surface area (Å²) in [6.45, 7) is 5.22. The third-order valence-electron chi connectivity index (χ3n) is 2.97. The van der Waals surface area contributed by atoms with Gasteiger partial charge in [0.05, 0.1) is 11.7 Å². The molecule has 1 aliphatic rings. The van der Waals surface area contributed by atoms with E-state index in [9.17, 15) is 0 Å². The molecule has 0 amide bonds. The normalized spacial score (nSPS) is 22.0. The van der Waals surface area contributed by atoms with Crippen LogP contribution in [0.25, 0.3) is 0 Å². The van der Waals surface area contributed by atoms with Gasteiger partial charge in [-0.15, -0.1) is 0 Å². The van der Waals surface area contributed by atoms with Crippen LogP contribution in [0.15, 0.2) is 12.3 Å². The fraction of sp³-hybridized carbons (Fsp3) is 0.750. The molecule has 0 saturated carbocycles. The van der Waals surface area contributed by atoms with Gasteiger partial charge in [-0.25, -0.2) is 0 Å². The molecular formula is C12H23N3. The second-order valence-corrected chi connectivity index (χ2v) is 3.87. The van der Waals surface area contributed by atoms with Crippen molar-refractivity contribution in [2.75, 3.05) is 13.6 Å². The fourth-order valence-corrected chi connectivity index (χ4v) is 2.16. The highest BCUT2D eigenvalue weighted by Crippen LogP contribution is 2.28. The molecule has 0 bridgehead atoms. The van der Waals surface area contributed by atoms with Crippen LogP contribution >= 0.6 is 0 Å². The second kappa shape index (κ2) is 5.91. The lowest BCUT2D eigenvalue weighted by molar-refractivity contribution is 0.179. The molecular weight excluding hydrogens is 186 g/mol. The molecule has 1 fully saturated rings. The molecule has 1 aliphatic heterocycles. The molecule has 3 nitrogen and oxygen atoms in total. The molecule has 1 atom stereocenters. The highest BCUT2D eigenvalue weighted by Gasteiger charge is 2.22. The van der Waals surface area contributed by atoms with Gasteiger partial charge in [0.2, 0.25) is 0 Å². The van der Waals surface area contributed by atoms with Gasteiger partial charge in [0.25, 0.3) is 0 Å². The zero-order chi connectivity index (χ0) is 11.3. The van der Waals surface area contributed by atoms with Gasteiger partial charge in [-0.05, 0) is 32.5 Å². The molecule has 1 saturated heterocycles. The summed E-state index contributed by atoms with van der Waals surface area (Å²) < 4.78 is 1.99. The summed E-state index contributed by atoms with van der Waals surface area (Å²) in [7, 11) is 4.23. The van der Waals surface area contributed by atoms with Crippen molar-refractivity contribution in [1.29, 1.82) is 0 Å². The molecule has 1 unspecified atom stereocenters. The van der Waals surface area contributed by atoms with Crippen LogP contribution in [0.3, 0.4) is 0 Å². The quantitative estimate of drug-likeness (QED) is 0.709. The van der Waals surface area contributed by atoms with E-state index in [0.717, 1.165) is 0 Å². The van der Waals surface area contributed by atoms with Gasteiger partial charge < -0.3 is 0 Å². The van der Waals surface area contributed by atoms with Gasteiger partial charge in [0.15, 0.2) is 0 Å². The van der Waals surface area contributed by atoms with Crippen molar-refractivity contribution in [2.24, 2.45) is 7.05 Å². The van der Waals surface area contributed by atoms with Crippen molar-refractivity contribution in [2.45, 2.75) is 39.2 Å². The highest BCUT2D eigenvalue weighted by molar-refractivity contribution is 5.07. The Labute approximate surface area is 93.1 Å². The first-order valence-electron chi connectivity index (χ1n) is 5.97. The first-order valence-corrected chi connectivity index (χ1v) is 5.97. The third kappa shape index (κ3) is 2.81. The Morgan fingerprint density at radius 1 is 1.27 bits per heavy atom. The maximum atomic E-state index is 4.22. The monoisotopic (exact) mass is 209 g/mol. The van der Waals surface area contributed by atoms with Gasteiger partial charge in [-0.2, -0.15) is 5.10 Å². The van der Waals surface area contributed by atoms with E-state index in [-0.39, 0.29) is 0 Å². The van der Waals surface area contributed by atoms with Crippen molar-refractivity contribution in [3.63, 3.8) is 0 Å². The van der Waals surface area contributed by atoms with E-state index < -0.39 is 0 Å². The minimum Gasteiger partial charge on any atom is -0.298 e. The molecule has 2 heterocycles. The van der Waals surface area contributed by atoms with Crippen molar-refractivity contribution < 1.29 is 0 Å². The van der Waals surface area contributed by atoms with E-state index in [1.54, 1.807) is 0 Å². The van der Waals surface area contributed by atoms with Crippen LogP contribution in [-0.2, 0) is 7.05 Å². The Hall–Kier alpha value is -0.830. The van der Waals surface area contributed by atoms with Crippen molar-refractivity contribution >= 4 is 0 Å². The summed E-state index contributed by atoms with van der Waals surface area (Å²) in [6, 6.07) is 2.72. The number of rotatable bonds is 1. The molecule has 0 aromatic carbocycles. The minimum atomic E-state index is 0.584. The SMILES string of the molecule is CC.CN1CCCCC1c1ccnn1C. The first-order chi connectivity index (χ1) is 7.29. The number of likely N-dealkylation sites (tertiary alicyclic amines) is 1. The summed E-state index contributed by atoms with van der Waals surface area (Å²) >= 11 is 0. The summed E-state index contributed by atoms with van der Waals surface area (Å²) in [5.74, 6) is 0. The molecule has 15 heavy (non-hydrogen) atoms. The average Bonchev–Trinajstić information content (AvgIpc) is 2.68. The predicted octanol–water partition coefficient (Wildman–Crippen LogP) is 2.60. The van der Waals surface area contributed by atoms with E-state index in [1.165, 1.54) is 31.5 Å². The van der Waals surface area contributed by atoms with Crippen LogP contribution in [0.5, 0.6) is 0 Å². The number of piperidine rings is 1. The van der Waals surface area contributed by atoms with E-state index >= 15 is 0 Å². The number of nitrogens with zero attached hydrogens (tertiary/aromatic N) is 3. The van der Waals surface area contributed by atoms with Crippen molar-refractivity contribution in [3.05, 3.63) is 18.0 Å². The van der Waals surface area contributed by atoms with Gasteiger partial charge in [-0.1, -0.05) is 20.3 Å². The van der Waals surface area contributed by atoms with E-state index in [4.69, 9.17) is 0 Å². The molecule has 2 rings (SSSR count). The van der Waals surface area contributed by atoms with E-state index in [0.29, 0.717) is 6.04 Å². The number of hydrogen-bond donors (Lipinski definition) is 0. The lowest BCUT2D eigenvalue weighted by Gasteiger charge is -2.32. The van der Waals surface area contributed by atoms with Crippen LogP contribution in [0.1, 0.15) is 44.8 Å². The lowest BCUT2D eigenvalue weighted by Crippen LogP contribution is -2.30. The Morgan fingerprint density at radius 3 is 2.53 bits per heavy atom. The molecule has 1 aromatic rings. The molecule has 0 N–H and O–H groups in total. The molecule has 1 aromatic heterocycles. The summed E-state index contributed by atoms with van der Waals surface area (Å²) in [4.78, 5) is 2.43. The molecule has 0 radical (unpaired) electrons. The molecule has 3 heteroatoms. The maximum Gasteiger partial charge on any atom is 0.0552 e. The Balaban J connectivity index is 0.000000531. The minimum absolute atomic E-state index is 0.584. The van der Waals surface area contributed by atoms with Gasteiger partial charge in [-0.3, -0.25) is 9.58 Å². The van der Waals surface area contributed by atoms with Gasteiger partial charge >= 0.3 is 0 Å². The van der Waals surface area contributed by atoms with Crippen molar-refractivity contribution in [1.82, 2.24) is 14.7 Å². The summed E-state index contributed by atoms with van der Waals surface area (Å²) in [5, 5.41) is 4.22. The van der Waals surface area contributed by atoms with Gasteiger partial charge in [0.1, 0.15) is 0 Å². The van der Waals surface area contributed by atoms with Crippen molar-refractivity contribution in [3.8, 4) is 0 Å². The van der Waals surface area contributed by atoms with Crippen LogP contribution in [-0.4, -0.2) is 28.3 Å². The number of aryl methyl sites for hydroxylation is 1. The highest BCUT2D eigenvalue weighted by atomic mass is 15.3. The second-order valence-electron chi connectivity index (χ2n) is 3.87. The Kier molecular flexibility index (Phi) is 4.82. The third-order valence-corrected chi connectivity index (χ3v) is 2.97. The topological polar surface area (TPSA) is 21.1 Å². The van der Waals surface area contributed by atoms with Gasteiger partial charge in [0, 0.05) is 13.2 Å². The first kappa shape index (κ1) is 12.2. The van der Waals surface area contributed by atoms with Crippen LogP contribution in [0, 0.1) is 0 Å². The van der Waals surface area contributed by atoms with E-state index in [2.05, 4.69) is 23.1 Å². The van der Waals surface area contributed by atoms with Crippen LogP contribution in [0.4, 0.5) is 0 Å². The fourth-order valence-electron chi connectivity index (χ4n) is 2.16. The Morgan fingerprint density at radius 2 is 2.00 bits per heavy atom. The Bertz CT molecular complexity index is 280. The summed E-state index contributed by atoms with van der Waals surface area (Å²) in [5.41, 5.74) is 1.35. The van der Waals surface area contributed by atoms with Crippen LogP contribution < -0.4 is 0 Å². The number of aromatic nitrogens is 2. The largest absolute Gasteiger partial charge is 0.298 e. The summed E-state index contributed by atoms with van der Waals surface area (Å²) in [6.07, 6.45) is 5.85. The van der Waals surface area contributed by atoms with Crippen LogP contribution in [0.2, 0.25) is 0 Å². The lowest BCUT2D eigenvalue weighted by atomic mass is 10.0. The zero-order valence-electron chi connectivity index (χ0n) is 10.4. The average molecular weight is 209 g/mol. The standard InChI is InChI=1S/C10H17N3.C2H6/c1-12-8-4-3-5-9(12)10-6-7-11-13(10)2;1-2/h6-7,9H,3-5,8H2,1-2H3;1-2H3. The molecule has 0 spiro atoms. The molecule has 86 valence electrons. The number of hydrogen-bond acceptors (Lipinski definition) is 2. The zero-order valence-corrected chi connectivity index (χ0v) is 10.4. The predicted molar refractivity (Wildman–Crippen MR) is 63.8 cm³/mol. The molecule has 0 aliphatic carbocycles. The smallest absolute Gasteiger partial charge is 0.0552 e. The maximum absolute atomic E-state index is 4.22.